The molecule has 0 spiro atoms. The molecule has 140 valence electrons. The molecule has 3 heterocycles. The maximum Gasteiger partial charge on any atom is 0.254 e. The van der Waals surface area contributed by atoms with Crippen LogP contribution in [0.1, 0.15) is 22.8 Å². The van der Waals surface area contributed by atoms with Gasteiger partial charge >= 0.3 is 0 Å². The number of hydrogen-bond acceptors (Lipinski definition) is 8. The van der Waals surface area contributed by atoms with Crippen molar-refractivity contribution in [2.75, 3.05) is 17.7 Å². The Labute approximate surface area is 155 Å². The maximum absolute atomic E-state index is 11.7. The van der Waals surface area contributed by atoms with Gasteiger partial charge in [0, 0.05) is 37.2 Å². The molecule has 0 unspecified atom stereocenters. The zero-order valence-electron chi connectivity index (χ0n) is 15.0. The number of ether oxygens (including phenoxy) is 1. The minimum atomic E-state index is -0.624. The Balaban J connectivity index is 1.82. The van der Waals surface area contributed by atoms with E-state index in [0.717, 1.165) is 17.8 Å². The predicted molar refractivity (Wildman–Crippen MR) is 99.8 cm³/mol. The Morgan fingerprint density at radius 2 is 2.19 bits per heavy atom. The number of nitrogens with zero attached hydrogens (tertiary/aromatic N) is 5. The third-order valence-electron chi connectivity index (χ3n) is 3.76. The molecule has 3 aromatic heterocycles. The minimum absolute atomic E-state index is 0.188. The summed E-state index contributed by atoms with van der Waals surface area (Å²) in [6, 6.07) is 3.66. The predicted octanol–water partition coefficient (Wildman–Crippen LogP) is 1.55. The zero-order chi connectivity index (χ0) is 19.2. The highest BCUT2D eigenvalue weighted by Crippen LogP contribution is 2.20. The Hall–Kier alpha value is -3.69. The number of primary amides is 1. The number of carbonyl (C=O) groups excluding carboxylic acids is 1. The van der Waals surface area contributed by atoms with E-state index in [0.29, 0.717) is 24.2 Å². The third kappa shape index (κ3) is 4.29. The van der Waals surface area contributed by atoms with Gasteiger partial charge < -0.3 is 21.1 Å². The van der Waals surface area contributed by atoms with Crippen molar-refractivity contribution >= 4 is 23.4 Å². The van der Waals surface area contributed by atoms with Crippen LogP contribution in [0.15, 0.2) is 36.9 Å². The molecular formula is C17H20N8O2. The van der Waals surface area contributed by atoms with Crippen LogP contribution in [0.25, 0.3) is 0 Å². The molecule has 0 saturated carbocycles. The number of hydrogen-bond donors (Lipinski definition) is 3. The molecule has 0 atom stereocenters. The van der Waals surface area contributed by atoms with E-state index in [2.05, 4.69) is 30.7 Å². The number of pyridine rings is 1. The van der Waals surface area contributed by atoms with Gasteiger partial charge in [0.15, 0.2) is 0 Å². The fourth-order valence-electron chi connectivity index (χ4n) is 2.41. The molecule has 0 aromatic carbocycles. The number of rotatable bonds is 8. The van der Waals surface area contributed by atoms with Crippen LogP contribution in [-0.2, 0) is 13.1 Å². The lowest BCUT2D eigenvalue weighted by atomic mass is 10.2. The van der Waals surface area contributed by atoms with Crippen LogP contribution in [0.4, 0.5) is 17.5 Å². The largest absolute Gasteiger partial charge is 0.481 e. The number of carbonyl (C=O) groups is 1. The summed E-state index contributed by atoms with van der Waals surface area (Å²) in [5.41, 5.74) is 7.17. The van der Waals surface area contributed by atoms with Crippen molar-refractivity contribution in [1.82, 2.24) is 24.7 Å². The fraction of sp³-hybridized carbons (Fsp3) is 0.235. The first kappa shape index (κ1) is 18.1. The van der Waals surface area contributed by atoms with Gasteiger partial charge in [-0.2, -0.15) is 10.1 Å². The highest BCUT2D eigenvalue weighted by Gasteiger charge is 2.13. The maximum atomic E-state index is 11.7. The number of aromatic nitrogens is 5. The van der Waals surface area contributed by atoms with Crippen molar-refractivity contribution in [2.45, 2.75) is 20.0 Å². The molecule has 0 aliphatic heterocycles. The van der Waals surface area contributed by atoms with Gasteiger partial charge in [-0.15, -0.1) is 0 Å². The highest BCUT2D eigenvalue weighted by atomic mass is 16.5. The highest BCUT2D eigenvalue weighted by molar-refractivity contribution is 5.97. The van der Waals surface area contributed by atoms with E-state index >= 15 is 0 Å². The first-order chi connectivity index (χ1) is 13.1. The Bertz CT molecular complexity index is 940. The third-order valence-corrected chi connectivity index (χ3v) is 3.76. The van der Waals surface area contributed by atoms with E-state index in [9.17, 15) is 4.79 Å². The van der Waals surface area contributed by atoms with E-state index in [1.54, 1.807) is 30.3 Å². The van der Waals surface area contributed by atoms with Gasteiger partial charge in [0.1, 0.15) is 5.82 Å². The first-order valence-corrected chi connectivity index (χ1v) is 8.28. The number of amides is 1. The Morgan fingerprint density at radius 3 is 2.89 bits per heavy atom. The number of aryl methyl sites for hydroxylation is 1. The SMILES string of the molecule is CCn1cc(Nc2ncc(C(N)=O)c(NCc3cccnc3OC)n2)cn1. The summed E-state index contributed by atoms with van der Waals surface area (Å²) in [6.07, 6.45) is 6.52. The van der Waals surface area contributed by atoms with E-state index in [-0.39, 0.29) is 5.56 Å². The van der Waals surface area contributed by atoms with Crippen molar-refractivity contribution in [2.24, 2.45) is 5.73 Å². The van der Waals surface area contributed by atoms with E-state index in [1.165, 1.54) is 6.20 Å². The topological polar surface area (TPSA) is 133 Å². The second-order valence-corrected chi connectivity index (χ2v) is 5.56. The van der Waals surface area contributed by atoms with Crippen LogP contribution < -0.4 is 21.1 Å². The molecule has 3 rings (SSSR count). The molecule has 0 aliphatic rings. The van der Waals surface area contributed by atoms with Gasteiger partial charge in [-0.05, 0) is 13.0 Å². The van der Waals surface area contributed by atoms with Crippen molar-refractivity contribution in [3.8, 4) is 5.88 Å². The van der Waals surface area contributed by atoms with E-state index < -0.39 is 5.91 Å². The first-order valence-electron chi connectivity index (χ1n) is 8.28. The van der Waals surface area contributed by atoms with Crippen molar-refractivity contribution in [3.05, 3.63) is 48.0 Å². The van der Waals surface area contributed by atoms with Gasteiger partial charge in [0.05, 0.1) is 24.6 Å². The van der Waals surface area contributed by atoms with Crippen LogP contribution >= 0.6 is 0 Å². The lowest BCUT2D eigenvalue weighted by Crippen LogP contribution is -2.17. The molecule has 27 heavy (non-hydrogen) atoms. The van der Waals surface area contributed by atoms with Crippen molar-refractivity contribution < 1.29 is 9.53 Å². The molecule has 3 aromatic rings. The number of nitrogens with two attached hydrogens (primary N) is 1. The van der Waals surface area contributed by atoms with Crippen molar-refractivity contribution in [1.29, 1.82) is 0 Å². The van der Waals surface area contributed by atoms with Gasteiger partial charge in [-0.1, -0.05) is 6.07 Å². The Morgan fingerprint density at radius 1 is 1.33 bits per heavy atom. The summed E-state index contributed by atoms with van der Waals surface area (Å²) in [5.74, 6) is 0.496. The molecule has 0 aliphatic carbocycles. The number of nitrogens with one attached hydrogen (secondary N) is 2. The van der Waals surface area contributed by atoms with Crippen LogP contribution in [0.5, 0.6) is 5.88 Å². The molecule has 0 bridgehead atoms. The monoisotopic (exact) mass is 368 g/mol. The van der Waals surface area contributed by atoms with Crippen LogP contribution in [0.3, 0.4) is 0 Å². The normalized spacial score (nSPS) is 10.4. The standard InChI is InChI=1S/C17H20N8O2/c1-3-25-10-12(8-22-25)23-17-21-9-13(14(18)26)15(24-17)20-7-11-5-4-6-19-16(11)27-2/h4-6,8-10H,3,7H2,1-2H3,(H2,18,26)(H2,20,21,23,24). The van der Waals surface area contributed by atoms with Crippen LogP contribution in [-0.4, -0.2) is 37.7 Å². The fourth-order valence-corrected chi connectivity index (χ4v) is 2.41. The van der Waals surface area contributed by atoms with Crippen LogP contribution in [0, 0.1) is 0 Å². The summed E-state index contributed by atoms with van der Waals surface area (Å²) in [5, 5.41) is 10.3. The summed E-state index contributed by atoms with van der Waals surface area (Å²) in [7, 11) is 1.55. The average Bonchev–Trinajstić information content (AvgIpc) is 3.14. The van der Waals surface area contributed by atoms with E-state index in [1.807, 2.05) is 19.2 Å². The zero-order valence-corrected chi connectivity index (χ0v) is 15.0. The molecule has 1 amide bonds. The molecule has 10 nitrogen and oxygen atoms in total. The molecule has 10 heteroatoms. The smallest absolute Gasteiger partial charge is 0.254 e. The van der Waals surface area contributed by atoms with E-state index in [4.69, 9.17) is 10.5 Å². The van der Waals surface area contributed by atoms with Gasteiger partial charge in [-0.3, -0.25) is 9.48 Å². The second-order valence-electron chi connectivity index (χ2n) is 5.56. The molecule has 0 radical (unpaired) electrons. The molecule has 0 fully saturated rings. The average molecular weight is 368 g/mol. The number of methoxy groups -OCH3 is 1. The lowest BCUT2D eigenvalue weighted by Gasteiger charge is -2.12. The molecule has 0 saturated heterocycles. The Kier molecular flexibility index (Phi) is 5.45. The molecular weight excluding hydrogens is 348 g/mol. The summed E-state index contributed by atoms with van der Waals surface area (Å²) >= 11 is 0. The quantitative estimate of drug-likeness (QED) is 0.545. The minimum Gasteiger partial charge on any atom is -0.481 e. The van der Waals surface area contributed by atoms with Gasteiger partial charge in [-0.25, -0.2) is 9.97 Å². The van der Waals surface area contributed by atoms with Gasteiger partial charge in [0.2, 0.25) is 11.8 Å². The van der Waals surface area contributed by atoms with Gasteiger partial charge in [0.25, 0.3) is 5.91 Å². The molecule has 4 N–H and O–H groups in total. The summed E-state index contributed by atoms with van der Waals surface area (Å²) < 4.78 is 7.00. The van der Waals surface area contributed by atoms with Crippen molar-refractivity contribution in [3.63, 3.8) is 0 Å². The summed E-state index contributed by atoms with van der Waals surface area (Å²) in [6.45, 7) is 3.09. The lowest BCUT2D eigenvalue weighted by molar-refractivity contribution is 0.100. The summed E-state index contributed by atoms with van der Waals surface area (Å²) in [4.78, 5) is 24.3. The van der Waals surface area contributed by atoms with Crippen LogP contribution in [0.2, 0.25) is 0 Å². The number of anilines is 3. The second kappa shape index (κ2) is 8.13.